The van der Waals surface area contributed by atoms with Crippen LogP contribution in [-0.2, 0) is 10.3 Å². The number of alkyl halides is 1. The van der Waals surface area contributed by atoms with E-state index in [2.05, 4.69) is 0 Å². The number of benzene rings is 1. The summed E-state index contributed by atoms with van der Waals surface area (Å²) in [5.41, 5.74) is 0.654. The SMILES string of the molecule is O=S(=O)=C(CCl)c1ccccc1. The summed E-state index contributed by atoms with van der Waals surface area (Å²) in [7, 11) is -2.22. The van der Waals surface area contributed by atoms with Crippen LogP contribution in [-0.4, -0.2) is 19.2 Å². The van der Waals surface area contributed by atoms with Gasteiger partial charge in [0, 0.05) is 0 Å². The van der Waals surface area contributed by atoms with E-state index < -0.39 is 10.3 Å². The first-order valence-electron chi connectivity index (χ1n) is 3.32. The lowest BCUT2D eigenvalue weighted by Crippen LogP contribution is -2.03. The Balaban J connectivity index is 3.24. The van der Waals surface area contributed by atoms with Crippen molar-refractivity contribution in [1.29, 1.82) is 0 Å². The second kappa shape index (κ2) is 4.28. The summed E-state index contributed by atoms with van der Waals surface area (Å²) in [6.45, 7) is 0. The highest BCUT2D eigenvalue weighted by Crippen LogP contribution is 2.01. The maximum atomic E-state index is 10.6. The van der Waals surface area contributed by atoms with Crippen molar-refractivity contribution in [1.82, 2.24) is 0 Å². The third kappa shape index (κ3) is 2.09. The lowest BCUT2D eigenvalue weighted by Gasteiger charge is -1.95. The van der Waals surface area contributed by atoms with Crippen LogP contribution in [0.4, 0.5) is 0 Å². The van der Waals surface area contributed by atoms with Crippen molar-refractivity contribution in [3.63, 3.8) is 0 Å². The van der Waals surface area contributed by atoms with E-state index in [0.29, 0.717) is 5.56 Å². The third-order valence-electron chi connectivity index (χ3n) is 1.42. The molecule has 0 aliphatic heterocycles. The summed E-state index contributed by atoms with van der Waals surface area (Å²) >= 11 is 5.47. The van der Waals surface area contributed by atoms with Crippen LogP contribution in [0, 0.1) is 0 Å². The van der Waals surface area contributed by atoms with Gasteiger partial charge in [0.1, 0.15) is 0 Å². The Hall–Kier alpha value is -0.800. The van der Waals surface area contributed by atoms with Crippen molar-refractivity contribution < 1.29 is 8.42 Å². The first kappa shape index (κ1) is 9.29. The van der Waals surface area contributed by atoms with E-state index in [-0.39, 0.29) is 10.7 Å². The van der Waals surface area contributed by atoms with E-state index in [4.69, 9.17) is 11.6 Å². The van der Waals surface area contributed by atoms with Gasteiger partial charge in [0.05, 0.1) is 10.7 Å². The fourth-order valence-electron chi connectivity index (χ4n) is 0.842. The summed E-state index contributed by atoms with van der Waals surface area (Å²) < 4.78 is 21.2. The van der Waals surface area contributed by atoms with Crippen molar-refractivity contribution >= 4 is 26.8 Å². The summed E-state index contributed by atoms with van der Waals surface area (Å²) in [5.74, 6) is 0.0140. The minimum atomic E-state index is -2.22. The van der Waals surface area contributed by atoms with Gasteiger partial charge in [0.25, 0.3) is 0 Å². The van der Waals surface area contributed by atoms with Crippen molar-refractivity contribution in [3.8, 4) is 0 Å². The highest BCUT2D eigenvalue weighted by atomic mass is 35.5. The van der Waals surface area contributed by atoms with Gasteiger partial charge in [0.2, 0.25) is 10.3 Å². The predicted octanol–water partition coefficient (Wildman–Crippen LogP) is 1.33. The molecule has 0 amide bonds. The van der Waals surface area contributed by atoms with Crippen LogP contribution in [0.25, 0.3) is 0 Å². The highest BCUT2D eigenvalue weighted by molar-refractivity contribution is 7.73. The van der Waals surface area contributed by atoms with Gasteiger partial charge in [-0.15, -0.1) is 11.6 Å². The summed E-state index contributed by atoms with van der Waals surface area (Å²) in [6, 6.07) is 8.80. The van der Waals surface area contributed by atoms with Crippen LogP contribution < -0.4 is 0 Å². The zero-order valence-electron chi connectivity index (χ0n) is 6.20. The standard InChI is InChI=1S/C8H7ClO2S/c9-6-8(12(10)11)7-4-2-1-3-5-7/h1-5H,6H2. The molecule has 0 fully saturated rings. The number of hydrogen-bond acceptors (Lipinski definition) is 2. The zero-order chi connectivity index (χ0) is 8.97. The van der Waals surface area contributed by atoms with Crippen LogP contribution in [0.15, 0.2) is 30.3 Å². The minimum Gasteiger partial charge on any atom is -0.184 e. The highest BCUT2D eigenvalue weighted by Gasteiger charge is 2.01. The van der Waals surface area contributed by atoms with Gasteiger partial charge in [0.15, 0.2) is 0 Å². The van der Waals surface area contributed by atoms with Gasteiger partial charge in [-0.25, -0.2) is 0 Å². The summed E-state index contributed by atoms with van der Waals surface area (Å²) in [4.78, 5) is 0.234. The van der Waals surface area contributed by atoms with Gasteiger partial charge >= 0.3 is 0 Å². The Bertz CT molecular complexity index is 373. The molecule has 0 unspecified atom stereocenters. The molecule has 0 heterocycles. The molecule has 2 nitrogen and oxygen atoms in total. The first-order valence-corrected chi connectivity index (χ1v) is 4.93. The molecule has 1 aromatic rings. The minimum absolute atomic E-state index is 0.0140. The molecule has 0 N–H and O–H groups in total. The Kier molecular flexibility index (Phi) is 3.31. The second-order valence-corrected chi connectivity index (χ2v) is 3.39. The molecule has 0 bridgehead atoms. The molecule has 64 valence electrons. The molecule has 12 heavy (non-hydrogen) atoms. The van der Waals surface area contributed by atoms with Gasteiger partial charge in [-0.1, -0.05) is 30.3 Å². The Morgan fingerprint density at radius 1 is 1.25 bits per heavy atom. The maximum Gasteiger partial charge on any atom is 0.219 e. The van der Waals surface area contributed by atoms with Crippen molar-refractivity contribution in [3.05, 3.63) is 35.9 Å². The lowest BCUT2D eigenvalue weighted by atomic mass is 10.2. The predicted molar refractivity (Wildman–Crippen MR) is 50.2 cm³/mol. The van der Waals surface area contributed by atoms with E-state index in [1.807, 2.05) is 6.07 Å². The van der Waals surface area contributed by atoms with Crippen molar-refractivity contribution in [2.75, 3.05) is 5.88 Å². The summed E-state index contributed by atoms with van der Waals surface area (Å²) in [6.07, 6.45) is 0. The molecule has 4 heteroatoms. The van der Waals surface area contributed by atoms with E-state index in [9.17, 15) is 8.42 Å². The van der Waals surface area contributed by atoms with Gasteiger partial charge in [-0.2, -0.15) is 8.42 Å². The average Bonchev–Trinajstić information content (AvgIpc) is 2.07. The van der Waals surface area contributed by atoms with Crippen LogP contribution in [0.3, 0.4) is 0 Å². The van der Waals surface area contributed by atoms with E-state index in [1.54, 1.807) is 24.3 Å². The molecular weight excluding hydrogens is 196 g/mol. The number of rotatable bonds is 2. The largest absolute Gasteiger partial charge is 0.219 e. The van der Waals surface area contributed by atoms with Crippen molar-refractivity contribution in [2.24, 2.45) is 0 Å². The quantitative estimate of drug-likeness (QED) is 0.412. The fourth-order valence-corrected chi connectivity index (χ4v) is 1.68. The van der Waals surface area contributed by atoms with E-state index >= 15 is 0 Å². The molecule has 0 aliphatic carbocycles. The first-order chi connectivity index (χ1) is 5.75. The molecule has 0 radical (unpaired) electrons. The van der Waals surface area contributed by atoms with Crippen LogP contribution >= 0.6 is 11.6 Å². The third-order valence-corrected chi connectivity index (χ3v) is 2.63. The molecule has 0 atom stereocenters. The maximum absolute atomic E-state index is 10.6. The molecule has 1 rings (SSSR count). The molecule has 0 aliphatic rings. The number of hydrogen-bond donors (Lipinski definition) is 0. The lowest BCUT2D eigenvalue weighted by molar-refractivity contribution is 0.627. The molecule has 0 spiro atoms. The smallest absolute Gasteiger partial charge is 0.184 e. The van der Waals surface area contributed by atoms with E-state index in [0.717, 1.165) is 0 Å². The second-order valence-electron chi connectivity index (χ2n) is 2.16. The monoisotopic (exact) mass is 202 g/mol. The van der Waals surface area contributed by atoms with Gasteiger partial charge in [-0.3, -0.25) is 0 Å². The van der Waals surface area contributed by atoms with E-state index in [1.165, 1.54) is 0 Å². The summed E-state index contributed by atoms with van der Waals surface area (Å²) in [5, 5.41) is 0. The van der Waals surface area contributed by atoms with Crippen LogP contribution in [0.5, 0.6) is 0 Å². The topological polar surface area (TPSA) is 34.1 Å². The Morgan fingerprint density at radius 3 is 2.25 bits per heavy atom. The molecular formula is C8H7ClO2S. The molecule has 0 saturated heterocycles. The van der Waals surface area contributed by atoms with Crippen LogP contribution in [0.1, 0.15) is 5.56 Å². The van der Waals surface area contributed by atoms with Gasteiger partial charge < -0.3 is 0 Å². The Morgan fingerprint density at radius 2 is 1.83 bits per heavy atom. The fraction of sp³-hybridized carbons (Fsp3) is 0.125. The van der Waals surface area contributed by atoms with Crippen molar-refractivity contribution in [2.45, 2.75) is 0 Å². The number of halogens is 1. The average molecular weight is 203 g/mol. The molecule has 1 aromatic carbocycles. The molecule has 0 aromatic heterocycles. The van der Waals surface area contributed by atoms with Crippen LogP contribution in [0.2, 0.25) is 0 Å². The normalized spacial score (nSPS) is 9.42. The zero-order valence-corrected chi connectivity index (χ0v) is 7.77. The Labute approximate surface area is 77.3 Å². The van der Waals surface area contributed by atoms with Gasteiger partial charge in [-0.05, 0) is 5.56 Å². The molecule has 0 saturated carbocycles.